The van der Waals surface area contributed by atoms with Crippen LogP contribution in [0.15, 0.2) is 18.2 Å². The molecule has 0 amide bonds. The Bertz CT molecular complexity index is 410. The second-order valence-corrected chi connectivity index (χ2v) is 4.05. The molecule has 3 nitrogen and oxygen atoms in total. The topological polar surface area (TPSA) is 30.5 Å². The third kappa shape index (κ3) is 6.72. The van der Waals surface area contributed by atoms with Crippen LogP contribution in [0.1, 0.15) is 12.5 Å². The van der Waals surface area contributed by atoms with Gasteiger partial charge in [-0.2, -0.15) is 13.2 Å². The smallest absolute Gasteiger partial charge is 0.411 e. The van der Waals surface area contributed by atoms with Crippen LogP contribution in [0.5, 0.6) is 5.75 Å². The van der Waals surface area contributed by atoms with Gasteiger partial charge in [0, 0.05) is 12.1 Å². The molecule has 0 aliphatic rings. The number of hydrogen-bond donors (Lipinski definition) is 1. The van der Waals surface area contributed by atoms with Crippen molar-refractivity contribution in [2.24, 2.45) is 0 Å². The summed E-state index contributed by atoms with van der Waals surface area (Å²) in [6.45, 7) is 1.53. The maximum absolute atomic E-state index is 13.1. The third-order valence-corrected chi connectivity index (χ3v) is 2.34. The molecule has 0 saturated heterocycles. The Morgan fingerprint density at radius 2 is 1.95 bits per heavy atom. The zero-order valence-electron chi connectivity index (χ0n) is 11.1. The summed E-state index contributed by atoms with van der Waals surface area (Å²) in [5, 5.41) is 3.03. The van der Waals surface area contributed by atoms with Crippen molar-refractivity contribution in [2.75, 3.05) is 26.4 Å². The lowest BCUT2D eigenvalue weighted by atomic mass is 10.2. The van der Waals surface area contributed by atoms with Gasteiger partial charge < -0.3 is 14.8 Å². The molecule has 1 aromatic carbocycles. The van der Waals surface area contributed by atoms with E-state index in [4.69, 9.17) is 4.74 Å². The Morgan fingerprint density at radius 1 is 1.20 bits per heavy atom. The summed E-state index contributed by atoms with van der Waals surface area (Å²) >= 11 is 0. The molecule has 1 rings (SSSR count). The molecule has 0 bridgehead atoms. The van der Waals surface area contributed by atoms with Crippen LogP contribution in [0.2, 0.25) is 0 Å². The van der Waals surface area contributed by atoms with Crippen molar-refractivity contribution in [3.8, 4) is 5.75 Å². The minimum atomic E-state index is -4.34. The predicted octanol–water partition coefficient (Wildman–Crippen LogP) is 2.89. The Labute approximate surface area is 114 Å². The van der Waals surface area contributed by atoms with Crippen molar-refractivity contribution in [1.29, 1.82) is 0 Å². The fourth-order valence-electron chi connectivity index (χ4n) is 1.49. The first kappa shape index (κ1) is 16.7. The fourth-order valence-corrected chi connectivity index (χ4v) is 1.49. The van der Waals surface area contributed by atoms with Gasteiger partial charge in [0.2, 0.25) is 0 Å². The molecule has 7 heteroatoms. The molecule has 0 fully saturated rings. The Hall–Kier alpha value is -1.34. The molecule has 20 heavy (non-hydrogen) atoms. The van der Waals surface area contributed by atoms with Gasteiger partial charge in [0.25, 0.3) is 0 Å². The maximum Gasteiger partial charge on any atom is 0.411 e. The van der Waals surface area contributed by atoms with E-state index in [0.29, 0.717) is 24.4 Å². The number of ether oxygens (including phenoxy) is 2. The SMILES string of the molecule is CCNCc1cc(F)ccc1OCCOCC(F)(F)F. The van der Waals surface area contributed by atoms with Crippen molar-refractivity contribution in [2.45, 2.75) is 19.6 Å². The highest BCUT2D eigenvalue weighted by Gasteiger charge is 2.27. The first-order chi connectivity index (χ1) is 9.42. The molecule has 0 aliphatic carbocycles. The highest BCUT2D eigenvalue weighted by atomic mass is 19.4. The van der Waals surface area contributed by atoms with Gasteiger partial charge in [0.1, 0.15) is 24.8 Å². The van der Waals surface area contributed by atoms with Crippen molar-refractivity contribution in [1.82, 2.24) is 5.32 Å². The number of alkyl halides is 3. The van der Waals surface area contributed by atoms with Gasteiger partial charge in [-0.3, -0.25) is 0 Å². The second kappa shape index (κ2) is 8.06. The number of nitrogens with one attached hydrogen (secondary N) is 1. The molecule has 0 heterocycles. The van der Waals surface area contributed by atoms with Gasteiger partial charge in [-0.15, -0.1) is 0 Å². The Morgan fingerprint density at radius 3 is 2.60 bits per heavy atom. The summed E-state index contributed by atoms with van der Waals surface area (Å²) in [7, 11) is 0. The van der Waals surface area contributed by atoms with E-state index < -0.39 is 18.6 Å². The standard InChI is InChI=1S/C13H17F4NO2/c1-2-18-8-10-7-11(14)3-4-12(10)20-6-5-19-9-13(15,16)17/h3-4,7,18H,2,5-6,8-9H2,1H3. The lowest BCUT2D eigenvalue weighted by Crippen LogP contribution is -2.20. The zero-order chi connectivity index (χ0) is 15.0. The number of hydrogen-bond acceptors (Lipinski definition) is 3. The molecular formula is C13H17F4NO2. The van der Waals surface area contributed by atoms with Crippen LogP contribution in [0.3, 0.4) is 0 Å². The summed E-state index contributed by atoms with van der Waals surface area (Å²) in [4.78, 5) is 0. The lowest BCUT2D eigenvalue weighted by Gasteiger charge is -2.13. The molecule has 0 radical (unpaired) electrons. The minimum Gasteiger partial charge on any atom is -0.491 e. The molecule has 0 saturated carbocycles. The summed E-state index contributed by atoms with van der Waals surface area (Å²) in [6, 6.07) is 4.02. The number of benzene rings is 1. The number of halogens is 4. The summed E-state index contributed by atoms with van der Waals surface area (Å²) in [5.41, 5.74) is 0.614. The maximum atomic E-state index is 13.1. The van der Waals surface area contributed by atoms with Crippen LogP contribution in [-0.2, 0) is 11.3 Å². The summed E-state index contributed by atoms with van der Waals surface area (Å²) in [6.07, 6.45) is -4.34. The van der Waals surface area contributed by atoms with Crippen molar-refractivity contribution in [3.63, 3.8) is 0 Å². The molecule has 0 aromatic heterocycles. The van der Waals surface area contributed by atoms with Crippen LogP contribution in [-0.4, -0.2) is 32.5 Å². The van der Waals surface area contributed by atoms with E-state index in [9.17, 15) is 17.6 Å². The van der Waals surface area contributed by atoms with Crippen molar-refractivity contribution in [3.05, 3.63) is 29.6 Å². The minimum absolute atomic E-state index is 0.0269. The summed E-state index contributed by atoms with van der Waals surface area (Å²) in [5.74, 6) is 0.0431. The highest BCUT2D eigenvalue weighted by molar-refractivity contribution is 5.33. The average Bonchev–Trinajstić information content (AvgIpc) is 2.36. The lowest BCUT2D eigenvalue weighted by molar-refractivity contribution is -0.175. The second-order valence-electron chi connectivity index (χ2n) is 4.05. The molecule has 0 aliphatic heterocycles. The van der Waals surface area contributed by atoms with Crippen LogP contribution >= 0.6 is 0 Å². The predicted molar refractivity (Wildman–Crippen MR) is 66.1 cm³/mol. The first-order valence-electron chi connectivity index (χ1n) is 6.19. The van der Waals surface area contributed by atoms with Crippen LogP contribution in [0.25, 0.3) is 0 Å². The Kier molecular flexibility index (Phi) is 6.74. The van der Waals surface area contributed by atoms with Crippen molar-refractivity contribution < 1.29 is 27.0 Å². The van der Waals surface area contributed by atoms with Gasteiger partial charge in [0.05, 0.1) is 6.61 Å². The normalized spacial score (nSPS) is 11.7. The monoisotopic (exact) mass is 295 g/mol. The van der Waals surface area contributed by atoms with Crippen molar-refractivity contribution >= 4 is 0 Å². The quantitative estimate of drug-likeness (QED) is 0.591. The van der Waals surface area contributed by atoms with E-state index >= 15 is 0 Å². The molecule has 0 atom stereocenters. The number of rotatable bonds is 8. The van der Waals surface area contributed by atoms with Gasteiger partial charge in [-0.05, 0) is 24.7 Å². The molecule has 114 valence electrons. The molecule has 1 N–H and O–H groups in total. The van der Waals surface area contributed by atoms with Crippen LogP contribution in [0.4, 0.5) is 17.6 Å². The van der Waals surface area contributed by atoms with E-state index in [-0.39, 0.29) is 13.2 Å². The van der Waals surface area contributed by atoms with E-state index in [0.717, 1.165) is 0 Å². The molecule has 0 unspecified atom stereocenters. The van der Waals surface area contributed by atoms with E-state index in [2.05, 4.69) is 10.1 Å². The first-order valence-corrected chi connectivity index (χ1v) is 6.19. The van der Waals surface area contributed by atoms with E-state index in [1.807, 2.05) is 6.92 Å². The molecule has 1 aromatic rings. The Balaban J connectivity index is 2.42. The zero-order valence-corrected chi connectivity index (χ0v) is 11.1. The van der Waals surface area contributed by atoms with Crippen LogP contribution < -0.4 is 10.1 Å². The molecular weight excluding hydrogens is 278 g/mol. The largest absolute Gasteiger partial charge is 0.491 e. The van der Waals surface area contributed by atoms with Gasteiger partial charge >= 0.3 is 6.18 Å². The molecule has 0 spiro atoms. The average molecular weight is 295 g/mol. The van der Waals surface area contributed by atoms with Gasteiger partial charge in [0.15, 0.2) is 0 Å². The van der Waals surface area contributed by atoms with Crippen LogP contribution in [0, 0.1) is 5.82 Å². The summed E-state index contributed by atoms with van der Waals surface area (Å²) < 4.78 is 58.4. The fraction of sp³-hybridized carbons (Fsp3) is 0.538. The highest BCUT2D eigenvalue weighted by Crippen LogP contribution is 2.20. The van der Waals surface area contributed by atoms with E-state index in [1.54, 1.807) is 0 Å². The third-order valence-electron chi connectivity index (χ3n) is 2.34. The van der Waals surface area contributed by atoms with Gasteiger partial charge in [-0.25, -0.2) is 4.39 Å². The van der Waals surface area contributed by atoms with Gasteiger partial charge in [-0.1, -0.05) is 6.92 Å². The van der Waals surface area contributed by atoms with E-state index in [1.165, 1.54) is 18.2 Å².